The average molecular weight is 302 g/mol. The topological polar surface area (TPSA) is 29.3 Å². The monoisotopic (exact) mass is 302 g/mol. The second-order valence-corrected chi connectivity index (χ2v) is 6.68. The van der Waals surface area contributed by atoms with Gasteiger partial charge >= 0.3 is 0 Å². The fourth-order valence-electron chi connectivity index (χ4n) is 2.58. The highest BCUT2D eigenvalue weighted by molar-refractivity contribution is 7.17. The summed E-state index contributed by atoms with van der Waals surface area (Å²) in [6.45, 7) is 1.58. The third-order valence-corrected chi connectivity index (χ3v) is 5.35. The predicted molar refractivity (Wildman–Crippen MR) is 89.4 cm³/mol. The van der Waals surface area contributed by atoms with Crippen LogP contribution in [0.2, 0.25) is 0 Å². The van der Waals surface area contributed by atoms with E-state index in [-0.39, 0.29) is 6.04 Å². The van der Waals surface area contributed by atoms with Crippen molar-refractivity contribution in [2.24, 2.45) is 5.73 Å². The van der Waals surface area contributed by atoms with Crippen molar-refractivity contribution < 1.29 is 0 Å². The Labute approximate surface area is 127 Å². The average Bonchev–Trinajstić information content (AvgIpc) is 3.10. The molecule has 0 bridgehead atoms. The van der Waals surface area contributed by atoms with Crippen LogP contribution in [0.15, 0.2) is 46.5 Å². The van der Waals surface area contributed by atoms with Crippen LogP contribution < -0.4 is 5.73 Å². The van der Waals surface area contributed by atoms with Crippen LogP contribution >= 0.6 is 22.7 Å². The number of hydrogen-bond donors (Lipinski definition) is 1. The molecule has 0 aliphatic heterocycles. The van der Waals surface area contributed by atoms with Gasteiger partial charge in [0.15, 0.2) is 0 Å². The lowest BCUT2D eigenvalue weighted by molar-refractivity contribution is 0.244. The third kappa shape index (κ3) is 2.65. The van der Waals surface area contributed by atoms with E-state index in [2.05, 4.69) is 58.4 Å². The fourth-order valence-corrected chi connectivity index (χ4v) is 4.25. The molecule has 1 atom stereocenters. The van der Waals surface area contributed by atoms with Crippen molar-refractivity contribution >= 4 is 32.8 Å². The summed E-state index contributed by atoms with van der Waals surface area (Å²) in [6, 6.07) is 11.0. The standard InChI is InChI=1S/C16H18N2S2/c1-18(9-12-6-7-19-10-12)15(8-17)14-11-20-16-5-3-2-4-13(14)16/h2-7,10-11,15H,8-9,17H2,1H3. The number of thiophene rings is 2. The Morgan fingerprint density at radius 2 is 2.05 bits per heavy atom. The molecule has 3 aromatic rings. The molecule has 0 aliphatic rings. The molecule has 4 heteroatoms. The Kier molecular flexibility index (Phi) is 4.17. The Balaban J connectivity index is 1.89. The van der Waals surface area contributed by atoms with Gasteiger partial charge in [-0.3, -0.25) is 4.90 Å². The van der Waals surface area contributed by atoms with E-state index in [1.807, 2.05) is 0 Å². The van der Waals surface area contributed by atoms with Crippen molar-refractivity contribution in [3.05, 3.63) is 57.6 Å². The zero-order valence-corrected chi connectivity index (χ0v) is 13.1. The molecule has 2 aromatic heterocycles. The van der Waals surface area contributed by atoms with E-state index in [0.717, 1.165) is 6.54 Å². The SMILES string of the molecule is CN(Cc1ccsc1)C(CN)c1csc2ccccc12. The normalized spacial score (nSPS) is 13.2. The van der Waals surface area contributed by atoms with Crippen molar-refractivity contribution in [1.82, 2.24) is 4.90 Å². The first-order valence-corrected chi connectivity index (χ1v) is 8.49. The number of rotatable bonds is 5. The van der Waals surface area contributed by atoms with Crippen molar-refractivity contribution in [2.75, 3.05) is 13.6 Å². The maximum atomic E-state index is 6.05. The molecule has 1 unspecified atom stereocenters. The molecule has 3 rings (SSSR count). The van der Waals surface area contributed by atoms with Gasteiger partial charge in [-0.1, -0.05) is 18.2 Å². The van der Waals surface area contributed by atoms with Gasteiger partial charge in [-0.2, -0.15) is 11.3 Å². The van der Waals surface area contributed by atoms with Crippen LogP contribution in [0, 0.1) is 0 Å². The first-order valence-electron chi connectivity index (χ1n) is 6.67. The summed E-state index contributed by atoms with van der Waals surface area (Å²) in [6.07, 6.45) is 0. The summed E-state index contributed by atoms with van der Waals surface area (Å²) >= 11 is 3.55. The van der Waals surface area contributed by atoms with E-state index in [1.165, 1.54) is 21.2 Å². The minimum absolute atomic E-state index is 0.269. The first kappa shape index (κ1) is 13.8. The van der Waals surface area contributed by atoms with Crippen molar-refractivity contribution in [3.8, 4) is 0 Å². The molecule has 0 fully saturated rings. The zero-order valence-electron chi connectivity index (χ0n) is 11.5. The predicted octanol–water partition coefficient (Wildman–Crippen LogP) is 4.09. The van der Waals surface area contributed by atoms with E-state index in [1.54, 1.807) is 22.7 Å². The Morgan fingerprint density at radius 3 is 2.80 bits per heavy atom. The molecule has 1 aromatic carbocycles. The Bertz CT molecular complexity index is 673. The molecule has 2 heterocycles. The van der Waals surface area contributed by atoms with E-state index < -0.39 is 0 Å². The van der Waals surface area contributed by atoms with Gasteiger partial charge < -0.3 is 5.73 Å². The highest BCUT2D eigenvalue weighted by Crippen LogP contribution is 2.32. The van der Waals surface area contributed by atoms with Crippen LogP contribution in [0.3, 0.4) is 0 Å². The van der Waals surface area contributed by atoms with Gasteiger partial charge in [0.2, 0.25) is 0 Å². The van der Waals surface area contributed by atoms with Crippen LogP contribution in [0.25, 0.3) is 10.1 Å². The van der Waals surface area contributed by atoms with E-state index >= 15 is 0 Å². The Morgan fingerprint density at radius 1 is 1.20 bits per heavy atom. The lowest BCUT2D eigenvalue weighted by Gasteiger charge is -2.26. The van der Waals surface area contributed by atoms with Crippen LogP contribution in [0.5, 0.6) is 0 Å². The first-order chi connectivity index (χ1) is 9.79. The number of fused-ring (bicyclic) bond motifs is 1. The smallest absolute Gasteiger partial charge is 0.0485 e. The second-order valence-electron chi connectivity index (χ2n) is 4.99. The number of nitrogens with two attached hydrogens (primary N) is 1. The molecule has 104 valence electrons. The lowest BCUT2D eigenvalue weighted by atomic mass is 10.0. The van der Waals surface area contributed by atoms with Gasteiger partial charge in [-0.05, 0) is 51.8 Å². The molecule has 0 aliphatic carbocycles. The molecule has 0 saturated carbocycles. The summed E-state index contributed by atoms with van der Waals surface area (Å²) < 4.78 is 1.34. The van der Waals surface area contributed by atoms with Crippen LogP contribution in [-0.2, 0) is 6.54 Å². The van der Waals surface area contributed by atoms with Gasteiger partial charge in [0.1, 0.15) is 0 Å². The second kappa shape index (κ2) is 6.06. The maximum Gasteiger partial charge on any atom is 0.0485 e. The number of likely N-dealkylation sites (N-methyl/N-ethyl adjacent to an activating group) is 1. The molecule has 0 spiro atoms. The molecule has 2 N–H and O–H groups in total. The van der Waals surface area contributed by atoms with Crippen LogP contribution in [-0.4, -0.2) is 18.5 Å². The van der Waals surface area contributed by atoms with Crippen molar-refractivity contribution in [1.29, 1.82) is 0 Å². The zero-order chi connectivity index (χ0) is 13.9. The van der Waals surface area contributed by atoms with Gasteiger partial charge in [0, 0.05) is 23.8 Å². The summed E-state index contributed by atoms with van der Waals surface area (Å²) in [5.74, 6) is 0. The number of benzene rings is 1. The molecule has 0 saturated heterocycles. The summed E-state index contributed by atoms with van der Waals surface area (Å²) in [7, 11) is 2.15. The summed E-state index contributed by atoms with van der Waals surface area (Å²) in [5, 5.41) is 7.92. The quantitative estimate of drug-likeness (QED) is 0.769. The Hall–Kier alpha value is -1.20. The third-order valence-electron chi connectivity index (χ3n) is 3.64. The van der Waals surface area contributed by atoms with Crippen LogP contribution in [0.4, 0.5) is 0 Å². The van der Waals surface area contributed by atoms with Crippen molar-refractivity contribution in [3.63, 3.8) is 0 Å². The van der Waals surface area contributed by atoms with Gasteiger partial charge in [0.05, 0.1) is 0 Å². The highest BCUT2D eigenvalue weighted by atomic mass is 32.1. The van der Waals surface area contributed by atoms with Gasteiger partial charge in [-0.25, -0.2) is 0 Å². The number of hydrogen-bond acceptors (Lipinski definition) is 4. The molecular formula is C16H18N2S2. The van der Waals surface area contributed by atoms with E-state index in [9.17, 15) is 0 Å². The van der Waals surface area contributed by atoms with E-state index in [4.69, 9.17) is 5.73 Å². The largest absolute Gasteiger partial charge is 0.329 e. The van der Waals surface area contributed by atoms with Crippen molar-refractivity contribution in [2.45, 2.75) is 12.6 Å². The minimum atomic E-state index is 0.269. The van der Waals surface area contributed by atoms with Gasteiger partial charge in [0.25, 0.3) is 0 Å². The molecular weight excluding hydrogens is 284 g/mol. The number of nitrogens with zero attached hydrogens (tertiary/aromatic N) is 1. The lowest BCUT2D eigenvalue weighted by Crippen LogP contribution is -2.29. The molecule has 2 nitrogen and oxygen atoms in total. The molecule has 20 heavy (non-hydrogen) atoms. The minimum Gasteiger partial charge on any atom is -0.329 e. The summed E-state index contributed by atoms with van der Waals surface area (Å²) in [4.78, 5) is 2.34. The maximum absolute atomic E-state index is 6.05. The molecule has 0 amide bonds. The van der Waals surface area contributed by atoms with Crippen LogP contribution in [0.1, 0.15) is 17.2 Å². The fraction of sp³-hybridized carbons (Fsp3) is 0.250. The van der Waals surface area contributed by atoms with Gasteiger partial charge in [-0.15, -0.1) is 11.3 Å². The highest BCUT2D eigenvalue weighted by Gasteiger charge is 2.19. The molecule has 0 radical (unpaired) electrons. The summed E-state index contributed by atoms with van der Waals surface area (Å²) in [5.41, 5.74) is 8.76. The van der Waals surface area contributed by atoms with E-state index in [0.29, 0.717) is 6.54 Å².